The molecular weight excluding hydrogens is 454 g/mol. The number of aromatic nitrogens is 1. The number of rotatable bonds is 5. The fourth-order valence-electron chi connectivity index (χ4n) is 4.20. The van der Waals surface area contributed by atoms with Crippen molar-refractivity contribution in [1.29, 1.82) is 0 Å². The van der Waals surface area contributed by atoms with Gasteiger partial charge in [0.05, 0.1) is 18.8 Å². The van der Waals surface area contributed by atoms with Crippen molar-refractivity contribution >= 4 is 34.6 Å². The second-order valence-electron chi connectivity index (χ2n) is 7.81. The Bertz CT molecular complexity index is 1290. The summed E-state index contributed by atoms with van der Waals surface area (Å²) >= 11 is 12.1. The van der Waals surface area contributed by atoms with Gasteiger partial charge < -0.3 is 19.4 Å². The van der Waals surface area contributed by atoms with E-state index in [1.54, 1.807) is 13.3 Å². The molecule has 5 nitrogen and oxygen atoms in total. The standard InChI is InChI=1S/C26H22ClN3O2S/c1-16-19(6-5-7-20(16)27)22-13-14-23(32-22)25-24(21-8-3-4-15-28-21)29-26(33)30(25)17-9-11-18(31-2)12-10-17/h3-15,24-25H,1-2H3,(H,29,33)/t24-,25+/m0/s1. The van der Waals surface area contributed by atoms with Gasteiger partial charge in [0.25, 0.3) is 0 Å². The molecule has 0 radical (unpaired) electrons. The van der Waals surface area contributed by atoms with Crippen LogP contribution in [0.5, 0.6) is 5.75 Å². The van der Waals surface area contributed by atoms with Crippen molar-refractivity contribution in [3.05, 3.63) is 101 Å². The lowest BCUT2D eigenvalue weighted by Gasteiger charge is -2.26. The molecule has 33 heavy (non-hydrogen) atoms. The summed E-state index contributed by atoms with van der Waals surface area (Å²) in [5, 5.41) is 4.77. The zero-order valence-corrected chi connectivity index (χ0v) is 19.7. The van der Waals surface area contributed by atoms with E-state index < -0.39 is 0 Å². The van der Waals surface area contributed by atoms with Crippen LogP contribution in [-0.2, 0) is 0 Å². The Morgan fingerprint density at radius 3 is 2.58 bits per heavy atom. The van der Waals surface area contributed by atoms with Crippen LogP contribution in [0.3, 0.4) is 0 Å². The maximum Gasteiger partial charge on any atom is 0.174 e. The van der Waals surface area contributed by atoms with E-state index in [2.05, 4.69) is 15.2 Å². The van der Waals surface area contributed by atoms with Gasteiger partial charge in [-0.2, -0.15) is 0 Å². The summed E-state index contributed by atoms with van der Waals surface area (Å²) in [5.41, 5.74) is 3.77. The topological polar surface area (TPSA) is 50.5 Å². The van der Waals surface area contributed by atoms with Crippen molar-refractivity contribution < 1.29 is 9.15 Å². The molecule has 166 valence electrons. The van der Waals surface area contributed by atoms with Gasteiger partial charge in [-0.25, -0.2) is 0 Å². The second kappa shape index (κ2) is 8.89. The van der Waals surface area contributed by atoms with Gasteiger partial charge in [-0.05, 0) is 79.3 Å². The number of hydrogen-bond donors (Lipinski definition) is 1. The van der Waals surface area contributed by atoms with Crippen LogP contribution in [0, 0.1) is 6.92 Å². The van der Waals surface area contributed by atoms with Crippen molar-refractivity contribution in [3.8, 4) is 17.1 Å². The van der Waals surface area contributed by atoms with Gasteiger partial charge in [0, 0.05) is 22.5 Å². The first-order valence-corrected chi connectivity index (χ1v) is 11.4. The summed E-state index contributed by atoms with van der Waals surface area (Å²) in [6.07, 6.45) is 1.79. The number of benzene rings is 2. The van der Waals surface area contributed by atoms with Gasteiger partial charge in [-0.15, -0.1) is 0 Å². The Morgan fingerprint density at radius 2 is 1.85 bits per heavy atom. The van der Waals surface area contributed by atoms with Crippen molar-refractivity contribution in [1.82, 2.24) is 10.3 Å². The number of furan rings is 1. The average Bonchev–Trinajstić information content (AvgIpc) is 3.46. The summed E-state index contributed by atoms with van der Waals surface area (Å²) in [6.45, 7) is 1.99. The maximum absolute atomic E-state index is 6.43. The Kier molecular flexibility index (Phi) is 5.79. The summed E-state index contributed by atoms with van der Waals surface area (Å²) in [4.78, 5) is 6.66. The molecule has 5 rings (SSSR count). The summed E-state index contributed by atoms with van der Waals surface area (Å²) in [7, 11) is 1.65. The maximum atomic E-state index is 6.43. The summed E-state index contributed by atoms with van der Waals surface area (Å²) in [6, 6.07) is 23.1. The van der Waals surface area contributed by atoms with Crippen LogP contribution in [0.4, 0.5) is 5.69 Å². The normalized spacial score (nSPS) is 17.8. The first-order chi connectivity index (χ1) is 16.1. The molecular formula is C26H22ClN3O2S. The van der Waals surface area contributed by atoms with E-state index in [0.29, 0.717) is 10.1 Å². The summed E-state index contributed by atoms with van der Waals surface area (Å²) in [5.74, 6) is 2.33. The highest BCUT2D eigenvalue weighted by Crippen LogP contribution is 2.43. The van der Waals surface area contributed by atoms with E-state index in [-0.39, 0.29) is 12.1 Å². The molecule has 0 aliphatic carbocycles. The molecule has 0 amide bonds. The quantitative estimate of drug-likeness (QED) is 0.333. The fraction of sp³-hybridized carbons (Fsp3) is 0.154. The zero-order valence-electron chi connectivity index (χ0n) is 18.2. The van der Waals surface area contributed by atoms with Gasteiger partial charge in [0.2, 0.25) is 0 Å². The smallest absolute Gasteiger partial charge is 0.174 e. The van der Waals surface area contributed by atoms with Crippen LogP contribution in [0.2, 0.25) is 5.02 Å². The SMILES string of the molecule is COc1ccc(N2C(=S)N[C@@H](c3ccccn3)[C@H]2c2ccc(-c3cccc(Cl)c3C)o2)cc1. The van der Waals surface area contributed by atoms with E-state index in [9.17, 15) is 0 Å². The molecule has 1 aliphatic heterocycles. The monoisotopic (exact) mass is 475 g/mol. The van der Waals surface area contributed by atoms with Crippen LogP contribution in [0.25, 0.3) is 11.3 Å². The van der Waals surface area contributed by atoms with Crippen molar-refractivity contribution in [2.75, 3.05) is 12.0 Å². The third-order valence-corrected chi connectivity index (χ3v) is 6.62. The summed E-state index contributed by atoms with van der Waals surface area (Å²) < 4.78 is 11.8. The van der Waals surface area contributed by atoms with Crippen LogP contribution in [0.1, 0.15) is 29.1 Å². The van der Waals surface area contributed by atoms with Crippen LogP contribution < -0.4 is 15.0 Å². The van der Waals surface area contributed by atoms with E-state index in [1.165, 1.54) is 0 Å². The number of thiocarbonyl (C=S) groups is 1. The van der Waals surface area contributed by atoms with Crippen LogP contribution >= 0.6 is 23.8 Å². The molecule has 2 aromatic heterocycles. The third kappa shape index (κ3) is 3.96. The minimum absolute atomic E-state index is 0.180. The number of nitrogens with one attached hydrogen (secondary N) is 1. The molecule has 2 aromatic carbocycles. The third-order valence-electron chi connectivity index (χ3n) is 5.90. The number of methoxy groups -OCH3 is 1. The Labute approximate surface area is 203 Å². The van der Waals surface area contributed by atoms with Crippen LogP contribution in [0.15, 0.2) is 83.4 Å². The van der Waals surface area contributed by atoms with Gasteiger partial charge in [0.1, 0.15) is 23.3 Å². The number of anilines is 1. The first kappa shape index (κ1) is 21.5. The predicted molar refractivity (Wildman–Crippen MR) is 135 cm³/mol. The molecule has 0 unspecified atom stereocenters. The van der Waals surface area contributed by atoms with E-state index >= 15 is 0 Å². The lowest BCUT2D eigenvalue weighted by atomic mass is 10.0. The van der Waals surface area contributed by atoms with Crippen molar-refractivity contribution in [2.24, 2.45) is 0 Å². The number of halogens is 1. The highest BCUT2D eigenvalue weighted by Gasteiger charge is 2.42. The van der Waals surface area contributed by atoms with Crippen molar-refractivity contribution in [2.45, 2.75) is 19.0 Å². The lowest BCUT2D eigenvalue weighted by Crippen LogP contribution is -2.29. The molecule has 0 spiro atoms. The van der Waals surface area contributed by atoms with Gasteiger partial charge >= 0.3 is 0 Å². The fourth-order valence-corrected chi connectivity index (χ4v) is 4.72. The Hall–Kier alpha value is -3.35. The molecule has 1 aliphatic rings. The Morgan fingerprint density at radius 1 is 1.03 bits per heavy atom. The van der Waals surface area contributed by atoms with E-state index in [1.807, 2.05) is 79.7 Å². The number of pyridine rings is 1. The van der Waals surface area contributed by atoms with Gasteiger partial charge in [0.15, 0.2) is 5.11 Å². The largest absolute Gasteiger partial charge is 0.497 e. The minimum Gasteiger partial charge on any atom is -0.497 e. The molecule has 3 heterocycles. The highest BCUT2D eigenvalue weighted by molar-refractivity contribution is 7.80. The highest BCUT2D eigenvalue weighted by atomic mass is 35.5. The average molecular weight is 476 g/mol. The lowest BCUT2D eigenvalue weighted by molar-refractivity contribution is 0.414. The van der Waals surface area contributed by atoms with E-state index in [0.717, 1.165) is 39.8 Å². The van der Waals surface area contributed by atoms with Crippen LogP contribution in [-0.4, -0.2) is 17.2 Å². The molecule has 4 aromatic rings. The predicted octanol–water partition coefficient (Wildman–Crippen LogP) is 6.49. The molecule has 1 fully saturated rings. The molecule has 1 N–H and O–H groups in total. The van der Waals surface area contributed by atoms with Gasteiger partial charge in [-0.1, -0.05) is 29.8 Å². The van der Waals surface area contributed by atoms with Gasteiger partial charge in [-0.3, -0.25) is 4.98 Å². The number of hydrogen-bond acceptors (Lipinski definition) is 4. The van der Waals surface area contributed by atoms with E-state index in [4.69, 9.17) is 33.0 Å². The number of ether oxygens (including phenoxy) is 1. The molecule has 1 saturated heterocycles. The minimum atomic E-state index is -0.228. The Balaban J connectivity index is 1.60. The van der Waals surface area contributed by atoms with Crippen molar-refractivity contribution in [3.63, 3.8) is 0 Å². The molecule has 2 atom stereocenters. The first-order valence-electron chi connectivity index (χ1n) is 10.6. The second-order valence-corrected chi connectivity index (χ2v) is 8.60. The molecule has 7 heteroatoms. The number of nitrogens with zero attached hydrogens (tertiary/aromatic N) is 2. The molecule has 0 bridgehead atoms. The molecule has 0 saturated carbocycles. The zero-order chi connectivity index (χ0) is 22.9.